The van der Waals surface area contributed by atoms with Crippen molar-refractivity contribution >= 4 is 29.7 Å². The SMILES string of the molecule is CCOC(=O)CC(CCc1ncc(CN[C@H](C(=O)N[C@H](C(=O)N[C@@H](C)C(=O)OC)C(C)CC)C(C)C)n1C)C(=O)OC. The second kappa shape index (κ2) is 18.1. The van der Waals surface area contributed by atoms with E-state index in [-0.39, 0.29) is 30.8 Å². The number of nitrogens with zero attached hydrogens (tertiary/aromatic N) is 2. The van der Waals surface area contributed by atoms with Gasteiger partial charge in [0.2, 0.25) is 11.8 Å². The highest BCUT2D eigenvalue weighted by Crippen LogP contribution is 2.17. The summed E-state index contributed by atoms with van der Waals surface area (Å²) in [5.41, 5.74) is 0.812. The van der Waals surface area contributed by atoms with Crippen LogP contribution in [0.2, 0.25) is 0 Å². The number of aromatic nitrogens is 2. The summed E-state index contributed by atoms with van der Waals surface area (Å²) >= 11 is 0. The molecular formula is C29H49N5O8. The molecule has 42 heavy (non-hydrogen) atoms. The number of aryl methyl sites for hydroxylation is 1. The van der Waals surface area contributed by atoms with Gasteiger partial charge in [0.05, 0.1) is 44.9 Å². The van der Waals surface area contributed by atoms with Crippen molar-refractivity contribution in [3.63, 3.8) is 0 Å². The van der Waals surface area contributed by atoms with Crippen molar-refractivity contribution in [1.82, 2.24) is 25.5 Å². The molecule has 0 fully saturated rings. The zero-order chi connectivity index (χ0) is 32.0. The van der Waals surface area contributed by atoms with E-state index in [9.17, 15) is 24.0 Å². The first-order valence-corrected chi connectivity index (χ1v) is 14.5. The molecule has 238 valence electrons. The van der Waals surface area contributed by atoms with Crippen LogP contribution in [-0.4, -0.2) is 78.2 Å². The summed E-state index contributed by atoms with van der Waals surface area (Å²) in [5.74, 6) is -2.51. The molecule has 5 atom stereocenters. The highest BCUT2D eigenvalue weighted by atomic mass is 16.5. The van der Waals surface area contributed by atoms with Gasteiger partial charge in [0, 0.05) is 26.2 Å². The number of carbonyl (C=O) groups excluding carboxylic acids is 5. The monoisotopic (exact) mass is 595 g/mol. The predicted octanol–water partition coefficient (Wildman–Crippen LogP) is 1.42. The van der Waals surface area contributed by atoms with Gasteiger partial charge in [0.15, 0.2) is 0 Å². The molecule has 0 aliphatic heterocycles. The van der Waals surface area contributed by atoms with Gasteiger partial charge in [0.1, 0.15) is 17.9 Å². The summed E-state index contributed by atoms with van der Waals surface area (Å²) in [6.07, 6.45) is 3.05. The molecule has 1 aromatic rings. The number of carbonyl (C=O) groups is 5. The average Bonchev–Trinajstić information content (AvgIpc) is 3.30. The number of rotatable bonds is 18. The summed E-state index contributed by atoms with van der Waals surface area (Å²) in [6.45, 7) is 11.4. The van der Waals surface area contributed by atoms with Crippen molar-refractivity contribution in [2.24, 2.45) is 24.8 Å². The number of esters is 3. The van der Waals surface area contributed by atoms with E-state index in [0.717, 1.165) is 5.69 Å². The molecule has 13 nitrogen and oxygen atoms in total. The molecule has 0 aliphatic rings. The minimum absolute atomic E-state index is 0.0677. The first-order valence-electron chi connectivity index (χ1n) is 14.5. The molecule has 2 unspecified atom stereocenters. The first-order chi connectivity index (χ1) is 19.8. The van der Waals surface area contributed by atoms with Crippen molar-refractivity contribution in [3.8, 4) is 0 Å². The molecule has 2 amide bonds. The lowest BCUT2D eigenvalue weighted by Crippen LogP contribution is -2.57. The Labute approximate surface area is 248 Å². The zero-order valence-corrected chi connectivity index (χ0v) is 26.4. The van der Waals surface area contributed by atoms with E-state index in [1.807, 2.05) is 39.3 Å². The molecule has 0 aromatic carbocycles. The van der Waals surface area contributed by atoms with Crippen LogP contribution >= 0.6 is 0 Å². The van der Waals surface area contributed by atoms with Crippen LogP contribution in [0.4, 0.5) is 0 Å². The molecule has 0 bridgehead atoms. The van der Waals surface area contributed by atoms with Gasteiger partial charge in [-0.15, -0.1) is 0 Å². The lowest BCUT2D eigenvalue weighted by Gasteiger charge is -2.28. The predicted molar refractivity (Wildman–Crippen MR) is 155 cm³/mol. The third-order valence-electron chi connectivity index (χ3n) is 7.31. The lowest BCUT2D eigenvalue weighted by molar-refractivity contribution is -0.153. The van der Waals surface area contributed by atoms with Crippen LogP contribution in [0.1, 0.15) is 72.3 Å². The summed E-state index contributed by atoms with van der Waals surface area (Å²) in [7, 11) is 4.37. The van der Waals surface area contributed by atoms with Gasteiger partial charge >= 0.3 is 17.9 Å². The Morgan fingerprint density at radius 2 is 1.55 bits per heavy atom. The summed E-state index contributed by atoms with van der Waals surface area (Å²) in [6, 6.07) is -2.30. The Bertz CT molecular complexity index is 1060. The lowest BCUT2D eigenvalue weighted by atomic mass is 9.96. The number of hydrogen-bond acceptors (Lipinski definition) is 10. The van der Waals surface area contributed by atoms with Crippen LogP contribution in [0.15, 0.2) is 6.20 Å². The number of amides is 2. The minimum atomic E-state index is -0.850. The Hall–Kier alpha value is -3.48. The van der Waals surface area contributed by atoms with Crippen molar-refractivity contribution in [2.75, 3.05) is 20.8 Å². The normalized spacial score (nSPS) is 14.7. The smallest absolute Gasteiger partial charge is 0.328 e. The second-order valence-electron chi connectivity index (χ2n) is 10.7. The number of methoxy groups -OCH3 is 2. The number of imidazole rings is 1. The summed E-state index contributed by atoms with van der Waals surface area (Å²) < 4.78 is 16.4. The van der Waals surface area contributed by atoms with Crippen molar-refractivity contribution in [3.05, 3.63) is 17.7 Å². The molecule has 1 rings (SSSR count). The molecule has 0 spiro atoms. The maximum atomic E-state index is 13.4. The summed E-state index contributed by atoms with van der Waals surface area (Å²) in [5, 5.41) is 8.77. The van der Waals surface area contributed by atoms with Crippen molar-refractivity contribution in [2.45, 2.75) is 91.9 Å². The van der Waals surface area contributed by atoms with Gasteiger partial charge in [-0.1, -0.05) is 34.1 Å². The van der Waals surface area contributed by atoms with E-state index in [0.29, 0.717) is 31.6 Å². The molecule has 0 aliphatic carbocycles. The quantitative estimate of drug-likeness (QED) is 0.167. The van der Waals surface area contributed by atoms with Crippen LogP contribution < -0.4 is 16.0 Å². The third kappa shape index (κ3) is 11.1. The Kier molecular flexibility index (Phi) is 15.8. The van der Waals surface area contributed by atoms with Gasteiger partial charge in [-0.05, 0) is 32.1 Å². The maximum absolute atomic E-state index is 13.4. The molecule has 13 heteroatoms. The Morgan fingerprint density at radius 3 is 2.10 bits per heavy atom. The fourth-order valence-corrected chi connectivity index (χ4v) is 4.41. The van der Waals surface area contributed by atoms with Gasteiger partial charge in [-0.3, -0.25) is 24.5 Å². The maximum Gasteiger partial charge on any atom is 0.328 e. The fourth-order valence-electron chi connectivity index (χ4n) is 4.41. The van der Waals surface area contributed by atoms with E-state index >= 15 is 0 Å². The van der Waals surface area contributed by atoms with E-state index in [1.54, 1.807) is 13.1 Å². The van der Waals surface area contributed by atoms with Gasteiger partial charge in [0.25, 0.3) is 0 Å². The number of ether oxygens (including phenoxy) is 3. The molecule has 3 N–H and O–H groups in total. The van der Waals surface area contributed by atoms with Gasteiger partial charge in [-0.2, -0.15) is 0 Å². The average molecular weight is 596 g/mol. The largest absolute Gasteiger partial charge is 0.469 e. The molecule has 0 saturated heterocycles. The van der Waals surface area contributed by atoms with E-state index in [1.165, 1.54) is 21.1 Å². The number of hydrogen-bond donors (Lipinski definition) is 3. The van der Waals surface area contributed by atoms with Crippen LogP contribution in [0.3, 0.4) is 0 Å². The van der Waals surface area contributed by atoms with Crippen LogP contribution in [0, 0.1) is 17.8 Å². The number of nitrogens with one attached hydrogen (secondary N) is 3. The van der Waals surface area contributed by atoms with Crippen LogP contribution in [0.5, 0.6) is 0 Å². The van der Waals surface area contributed by atoms with Crippen molar-refractivity contribution in [1.29, 1.82) is 0 Å². The molecule has 0 saturated carbocycles. The highest BCUT2D eigenvalue weighted by Gasteiger charge is 2.32. The van der Waals surface area contributed by atoms with Gasteiger partial charge in [-0.25, -0.2) is 9.78 Å². The molecule has 1 aromatic heterocycles. The first kappa shape index (κ1) is 36.5. The minimum Gasteiger partial charge on any atom is -0.469 e. The van der Waals surface area contributed by atoms with E-state index < -0.39 is 47.9 Å². The van der Waals surface area contributed by atoms with Crippen LogP contribution in [-0.2, 0) is 58.2 Å². The second-order valence-corrected chi connectivity index (χ2v) is 10.7. The molecular weight excluding hydrogens is 546 g/mol. The Morgan fingerprint density at radius 1 is 0.929 bits per heavy atom. The summed E-state index contributed by atoms with van der Waals surface area (Å²) in [4.78, 5) is 66.7. The van der Waals surface area contributed by atoms with E-state index in [2.05, 4.69) is 25.7 Å². The zero-order valence-electron chi connectivity index (χ0n) is 26.4. The standard InChI is InChI=1S/C29H49N5O8/c1-10-18(5)25(27(37)32-19(6)28(38)40-8)33-26(36)24(17(3)4)31-16-21-15-30-22(34(21)7)13-12-20(29(39)41-9)14-23(35)42-11-2/h15,17-20,24-25,31H,10-14,16H2,1-9H3,(H,32,37)(H,33,36)/t18?,19-,20?,24-,25-/m0/s1. The third-order valence-corrected chi connectivity index (χ3v) is 7.31. The van der Waals surface area contributed by atoms with Crippen molar-refractivity contribution < 1.29 is 38.2 Å². The van der Waals surface area contributed by atoms with Crippen LogP contribution in [0.25, 0.3) is 0 Å². The fraction of sp³-hybridized carbons (Fsp3) is 0.724. The molecule has 0 radical (unpaired) electrons. The highest BCUT2D eigenvalue weighted by molar-refractivity contribution is 5.92. The molecule has 1 heterocycles. The topological polar surface area (TPSA) is 167 Å². The van der Waals surface area contributed by atoms with Gasteiger partial charge < -0.3 is 29.4 Å². The van der Waals surface area contributed by atoms with E-state index in [4.69, 9.17) is 9.47 Å². The Balaban J connectivity index is 2.92.